The van der Waals surface area contributed by atoms with Gasteiger partial charge in [0.15, 0.2) is 16.8 Å². The van der Waals surface area contributed by atoms with Crippen molar-refractivity contribution in [3.63, 3.8) is 0 Å². The van der Waals surface area contributed by atoms with E-state index in [0.29, 0.717) is 17.6 Å². The number of hydrogen-bond acceptors (Lipinski definition) is 7. The molecular formula is C22H24N6OS. The summed E-state index contributed by atoms with van der Waals surface area (Å²) in [5.41, 5.74) is 3.21. The van der Waals surface area contributed by atoms with Gasteiger partial charge in [-0.25, -0.2) is 0 Å². The van der Waals surface area contributed by atoms with Gasteiger partial charge in [0.2, 0.25) is 5.89 Å². The predicted molar refractivity (Wildman–Crippen MR) is 117 cm³/mol. The number of nitrogens with zero attached hydrogens (tertiary/aromatic N) is 6. The lowest BCUT2D eigenvalue weighted by Crippen LogP contribution is -2.05. The Labute approximate surface area is 180 Å². The van der Waals surface area contributed by atoms with Crippen molar-refractivity contribution >= 4 is 11.8 Å². The second kappa shape index (κ2) is 9.21. The van der Waals surface area contributed by atoms with E-state index in [-0.39, 0.29) is 0 Å². The minimum atomic E-state index is 0.357. The summed E-state index contributed by atoms with van der Waals surface area (Å²) in [7, 11) is 0. The maximum Gasteiger partial charge on any atom is 0.237 e. The molecule has 0 spiro atoms. The molecule has 0 aliphatic carbocycles. The summed E-state index contributed by atoms with van der Waals surface area (Å²) in [6.07, 6.45) is 5.37. The van der Waals surface area contributed by atoms with Gasteiger partial charge >= 0.3 is 0 Å². The summed E-state index contributed by atoms with van der Waals surface area (Å²) in [6.45, 7) is 6.47. The van der Waals surface area contributed by atoms with E-state index >= 15 is 0 Å². The monoisotopic (exact) mass is 420 g/mol. The fraction of sp³-hybridized carbons (Fsp3) is 0.318. The number of benzene rings is 1. The Morgan fingerprint density at radius 2 is 1.97 bits per heavy atom. The molecule has 4 aromatic rings. The Morgan fingerprint density at radius 3 is 2.73 bits per heavy atom. The quantitative estimate of drug-likeness (QED) is 0.368. The Kier molecular flexibility index (Phi) is 6.23. The first kappa shape index (κ1) is 20.3. The van der Waals surface area contributed by atoms with E-state index < -0.39 is 0 Å². The van der Waals surface area contributed by atoms with E-state index in [9.17, 15) is 0 Å². The van der Waals surface area contributed by atoms with Gasteiger partial charge in [0.1, 0.15) is 0 Å². The first-order chi connectivity index (χ1) is 14.7. The lowest BCUT2D eigenvalue weighted by Gasteiger charge is -2.16. The zero-order chi connectivity index (χ0) is 20.9. The average molecular weight is 421 g/mol. The number of rotatable bonds is 8. The second-order valence-corrected chi connectivity index (χ2v) is 8.18. The topological polar surface area (TPSA) is 82.5 Å². The van der Waals surface area contributed by atoms with Gasteiger partial charge in [-0.3, -0.25) is 9.55 Å². The van der Waals surface area contributed by atoms with Gasteiger partial charge in [-0.05, 0) is 36.1 Å². The fourth-order valence-electron chi connectivity index (χ4n) is 3.24. The van der Waals surface area contributed by atoms with E-state index in [0.717, 1.165) is 40.9 Å². The molecule has 0 fully saturated rings. The van der Waals surface area contributed by atoms with Crippen LogP contribution >= 0.6 is 11.8 Å². The molecule has 0 bridgehead atoms. The highest BCUT2D eigenvalue weighted by atomic mass is 32.2. The van der Waals surface area contributed by atoms with Crippen molar-refractivity contribution in [2.45, 2.75) is 50.4 Å². The summed E-state index contributed by atoms with van der Waals surface area (Å²) < 4.78 is 7.49. The number of pyridine rings is 1. The highest BCUT2D eigenvalue weighted by molar-refractivity contribution is 7.98. The first-order valence-electron chi connectivity index (χ1n) is 10.1. The lowest BCUT2D eigenvalue weighted by molar-refractivity contribution is 0.384. The zero-order valence-corrected chi connectivity index (χ0v) is 18.1. The van der Waals surface area contributed by atoms with Crippen LogP contribution in [0.25, 0.3) is 17.1 Å². The summed E-state index contributed by atoms with van der Waals surface area (Å²) in [4.78, 5) is 8.72. The number of hydrogen-bond donors (Lipinski definition) is 0. The molecule has 3 heterocycles. The van der Waals surface area contributed by atoms with Crippen LogP contribution in [0.1, 0.15) is 50.4 Å². The van der Waals surface area contributed by atoms with Crippen molar-refractivity contribution < 1.29 is 4.52 Å². The van der Waals surface area contributed by atoms with E-state index in [1.165, 1.54) is 17.3 Å². The normalized spacial score (nSPS) is 11.3. The van der Waals surface area contributed by atoms with Gasteiger partial charge in [-0.2, -0.15) is 4.98 Å². The van der Waals surface area contributed by atoms with E-state index in [1.54, 1.807) is 6.20 Å². The molecule has 0 saturated heterocycles. The molecular weight excluding hydrogens is 396 g/mol. The highest BCUT2D eigenvalue weighted by Gasteiger charge is 2.20. The molecule has 0 unspecified atom stereocenters. The van der Waals surface area contributed by atoms with Crippen molar-refractivity contribution in [2.24, 2.45) is 0 Å². The molecule has 154 valence electrons. The van der Waals surface area contributed by atoms with Gasteiger partial charge in [-0.1, -0.05) is 55.9 Å². The molecule has 0 N–H and O–H groups in total. The molecule has 0 radical (unpaired) electrons. The minimum Gasteiger partial charge on any atom is -0.338 e. The van der Waals surface area contributed by atoms with Gasteiger partial charge in [0.05, 0.1) is 11.4 Å². The standard InChI is InChI=1S/C22H24N6OS/c1-4-8-19-24-20(29-27-19)14-30-22-26-25-21(16-9-7-12-23-13-16)28(22)18-11-6-5-10-17(18)15(2)3/h5-7,9-13,15H,4,8,14H2,1-3H3. The van der Waals surface area contributed by atoms with Crippen LogP contribution in [0.4, 0.5) is 0 Å². The number of para-hydroxylation sites is 1. The maximum absolute atomic E-state index is 5.39. The largest absolute Gasteiger partial charge is 0.338 e. The van der Waals surface area contributed by atoms with Crippen molar-refractivity contribution in [3.05, 3.63) is 66.1 Å². The molecule has 0 atom stereocenters. The Morgan fingerprint density at radius 1 is 1.10 bits per heavy atom. The molecule has 1 aromatic carbocycles. The third kappa shape index (κ3) is 4.28. The molecule has 3 aromatic heterocycles. The lowest BCUT2D eigenvalue weighted by atomic mass is 10.0. The zero-order valence-electron chi connectivity index (χ0n) is 17.3. The molecule has 0 aliphatic heterocycles. The second-order valence-electron chi connectivity index (χ2n) is 7.24. The number of thioether (sulfide) groups is 1. The fourth-order valence-corrected chi connectivity index (χ4v) is 4.02. The van der Waals surface area contributed by atoms with Crippen LogP contribution in [0.5, 0.6) is 0 Å². The minimum absolute atomic E-state index is 0.357. The molecule has 0 saturated carbocycles. The molecule has 30 heavy (non-hydrogen) atoms. The van der Waals surface area contributed by atoms with Crippen molar-refractivity contribution in [1.82, 2.24) is 29.9 Å². The summed E-state index contributed by atoms with van der Waals surface area (Å²) in [6, 6.07) is 12.3. The van der Waals surface area contributed by atoms with Gasteiger partial charge in [-0.15, -0.1) is 10.2 Å². The van der Waals surface area contributed by atoms with E-state index in [2.05, 4.69) is 68.9 Å². The maximum atomic E-state index is 5.39. The summed E-state index contributed by atoms with van der Waals surface area (Å²) in [5, 5.41) is 13.8. The smallest absolute Gasteiger partial charge is 0.237 e. The molecule has 7 nitrogen and oxygen atoms in total. The molecule has 8 heteroatoms. The average Bonchev–Trinajstić information content (AvgIpc) is 3.40. The third-order valence-corrected chi connectivity index (χ3v) is 5.57. The van der Waals surface area contributed by atoms with E-state index in [4.69, 9.17) is 4.52 Å². The highest BCUT2D eigenvalue weighted by Crippen LogP contribution is 2.32. The Hall–Kier alpha value is -3.00. The van der Waals surface area contributed by atoms with Crippen LogP contribution in [-0.2, 0) is 12.2 Å². The van der Waals surface area contributed by atoms with Crippen molar-refractivity contribution in [3.8, 4) is 17.1 Å². The van der Waals surface area contributed by atoms with Crippen LogP contribution in [-0.4, -0.2) is 29.9 Å². The number of aromatic nitrogens is 6. The van der Waals surface area contributed by atoms with E-state index in [1.807, 2.05) is 24.4 Å². The van der Waals surface area contributed by atoms with Crippen LogP contribution in [0, 0.1) is 0 Å². The van der Waals surface area contributed by atoms with Gasteiger partial charge < -0.3 is 4.52 Å². The van der Waals surface area contributed by atoms with Crippen LogP contribution in [0.2, 0.25) is 0 Å². The Bertz CT molecular complexity index is 1110. The van der Waals surface area contributed by atoms with Crippen molar-refractivity contribution in [1.29, 1.82) is 0 Å². The van der Waals surface area contributed by atoms with Crippen LogP contribution in [0.15, 0.2) is 58.5 Å². The molecule has 0 amide bonds. The van der Waals surface area contributed by atoms with Crippen molar-refractivity contribution in [2.75, 3.05) is 0 Å². The summed E-state index contributed by atoms with van der Waals surface area (Å²) >= 11 is 1.54. The first-order valence-corrected chi connectivity index (χ1v) is 11.0. The van der Waals surface area contributed by atoms with Crippen LogP contribution < -0.4 is 0 Å². The SMILES string of the molecule is CCCc1noc(CSc2nnc(-c3cccnc3)n2-c2ccccc2C(C)C)n1. The third-order valence-electron chi connectivity index (χ3n) is 4.66. The van der Waals surface area contributed by atoms with Gasteiger partial charge in [0.25, 0.3) is 0 Å². The van der Waals surface area contributed by atoms with Gasteiger partial charge in [0, 0.05) is 24.4 Å². The molecule has 4 rings (SSSR count). The summed E-state index contributed by atoms with van der Waals surface area (Å²) in [5.74, 6) is 2.99. The number of aryl methyl sites for hydroxylation is 1. The Balaban J connectivity index is 1.73. The van der Waals surface area contributed by atoms with Crippen LogP contribution in [0.3, 0.4) is 0 Å². The predicted octanol–water partition coefficient (Wildman–Crippen LogP) is 5.08. The molecule has 0 aliphatic rings.